The summed E-state index contributed by atoms with van der Waals surface area (Å²) in [4.78, 5) is 16.2. The van der Waals surface area contributed by atoms with Crippen LogP contribution < -0.4 is 0 Å². The molecule has 0 spiro atoms. The zero-order chi connectivity index (χ0) is 15.7. The summed E-state index contributed by atoms with van der Waals surface area (Å²) in [7, 11) is 0. The van der Waals surface area contributed by atoms with Gasteiger partial charge in [0.1, 0.15) is 11.9 Å². The summed E-state index contributed by atoms with van der Waals surface area (Å²) >= 11 is 0. The molecule has 0 unspecified atom stereocenters. The Morgan fingerprint density at radius 2 is 2.00 bits per heavy atom. The van der Waals surface area contributed by atoms with Crippen LogP contribution in [0.5, 0.6) is 0 Å². The maximum atomic E-state index is 12.9. The van der Waals surface area contributed by atoms with Crippen molar-refractivity contribution in [1.29, 1.82) is 0 Å². The first-order valence-electron chi connectivity index (χ1n) is 7.97. The molecule has 0 aliphatic carbocycles. The molecule has 2 heterocycles. The second kappa shape index (κ2) is 6.24. The van der Waals surface area contributed by atoms with Crippen LogP contribution >= 0.6 is 0 Å². The highest BCUT2D eigenvalue weighted by molar-refractivity contribution is 5.71. The minimum absolute atomic E-state index is 0.000493. The summed E-state index contributed by atoms with van der Waals surface area (Å²) in [6.45, 7) is 7.79. The number of hydrogen-bond acceptors (Lipinski definition) is 3. The van der Waals surface area contributed by atoms with Crippen molar-refractivity contribution < 1.29 is 13.9 Å². The van der Waals surface area contributed by atoms with Crippen LogP contribution in [0.2, 0.25) is 0 Å². The molecular weight excluding hydrogens is 283 g/mol. The summed E-state index contributed by atoms with van der Waals surface area (Å²) < 4.78 is 18.4. The van der Waals surface area contributed by atoms with Gasteiger partial charge >= 0.3 is 6.09 Å². The smallest absolute Gasteiger partial charge is 0.410 e. The average molecular weight is 306 g/mol. The Morgan fingerprint density at radius 1 is 1.27 bits per heavy atom. The van der Waals surface area contributed by atoms with Crippen molar-refractivity contribution in [3.63, 3.8) is 0 Å². The first-order valence-corrected chi connectivity index (χ1v) is 7.97. The molecule has 4 nitrogen and oxygen atoms in total. The Morgan fingerprint density at radius 3 is 2.68 bits per heavy atom. The second-order valence-corrected chi connectivity index (χ2v) is 6.67. The lowest BCUT2D eigenvalue weighted by Crippen LogP contribution is -2.39. The number of likely N-dealkylation sites (tertiary alicyclic amines) is 1. The lowest BCUT2D eigenvalue weighted by atomic mass is 10.1. The SMILES string of the molecule is CC(C)CN1C[C@H]2OC(=O)N(CCc3ccc(F)cc3)[C@H]2C1. The third-order valence-corrected chi connectivity index (χ3v) is 4.38. The van der Waals surface area contributed by atoms with Gasteiger partial charge in [-0.2, -0.15) is 0 Å². The molecule has 2 atom stereocenters. The molecule has 1 aromatic carbocycles. The fourth-order valence-electron chi connectivity index (χ4n) is 3.40. The van der Waals surface area contributed by atoms with E-state index in [9.17, 15) is 9.18 Å². The Labute approximate surface area is 130 Å². The van der Waals surface area contributed by atoms with Gasteiger partial charge in [0.05, 0.1) is 6.04 Å². The van der Waals surface area contributed by atoms with E-state index in [1.165, 1.54) is 12.1 Å². The molecule has 2 aliphatic rings. The van der Waals surface area contributed by atoms with Crippen molar-refractivity contribution in [2.75, 3.05) is 26.2 Å². The Bertz CT molecular complexity index is 532. The summed E-state index contributed by atoms with van der Waals surface area (Å²) in [5.74, 6) is 0.381. The number of carbonyl (C=O) groups is 1. The van der Waals surface area contributed by atoms with Crippen molar-refractivity contribution in [1.82, 2.24) is 9.80 Å². The number of fused-ring (bicyclic) bond motifs is 1. The van der Waals surface area contributed by atoms with E-state index in [-0.39, 0.29) is 24.1 Å². The van der Waals surface area contributed by atoms with Gasteiger partial charge in [-0.25, -0.2) is 9.18 Å². The molecule has 2 aliphatic heterocycles. The number of amides is 1. The largest absolute Gasteiger partial charge is 0.442 e. The van der Waals surface area contributed by atoms with Crippen molar-refractivity contribution in [3.05, 3.63) is 35.6 Å². The molecule has 1 amide bonds. The van der Waals surface area contributed by atoms with Crippen LogP contribution in [0.1, 0.15) is 19.4 Å². The average Bonchev–Trinajstić information content (AvgIpc) is 2.94. The molecule has 1 aromatic rings. The van der Waals surface area contributed by atoms with Crippen molar-refractivity contribution in [2.45, 2.75) is 32.4 Å². The van der Waals surface area contributed by atoms with E-state index < -0.39 is 0 Å². The Balaban J connectivity index is 1.58. The summed E-state index contributed by atoms with van der Waals surface area (Å²) in [6.07, 6.45) is 0.517. The van der Waals surface area contributed by atoms with E-state index in [0.717, 1.165) is 31.6 Å². The number of carbonyl (C=O) groups excluding carboxylic acids is 1. The number of benzene rings is 1. The number of nitrogens with zero attached hydrogens (tertiary/aromatic N) is 2. The summed E-state index contributed by atoms with van der Waals surface area (Å²) in [5, 5.41) is 0. The van der Waals surface area contributed by atoms with Crippen LogP contribution in [0.4, 0.5) is 9.18 Å². The zero-order valence-electron chi connectivity index (χ0n) is 13.2. The minimum Gasteiger partial charge on any atom is -0.442 e. The number of hydrogen-bond donors (Lipinski definition) is 0. The summed E-state index contributed by atoms with van der Waals surface area (Å²) in [5.41, 5.74) is 1.04. The van der Waals surface area contributed by atoms with Crippen LogP contribution in [-0.2, 0) is 11.2 Å². The van der Waals surface area contributed by atoms with Gasteiger partial charge in [0, 0.05) is 26.2 Å². The maximum Gasteiger partial charge on any atom is 0.410 e. The van der Waals surface area contributed by atoms with Gasteiger partial charge in [-0.15, -0.1) is 0 Å². The Hall–Kier alpha value is -1.62. The lowest BCUT2D eigenvalue weighted by Gasteiger charge is -2.23. The second-order valence-electron chi connectivity index (χ2n) is 6.67. The van der Waals surface area contributed by atoms with Gasteiger partial charge in [0.25, 0.3) is 0 Å². The molecule has 2 fully saturated rings. The van der Waals surface area contributed by atoms with E-state index in [1.807, 2.05) is 4.90 Å². The predicted octanol–water partition coefficient (Wildman–Crippen LogP) is 2.53. The molecule has 0 saturated carbocycles. The van der Waals surface area contributed by atoms with E-state index in [1.54, 1.807) is 12.1 Å². The third-order valence-electron chi connectivity index (χ3n) is 4.38. The van der Waals surface area contributed by atoms with Gasteiger partial charge in [-0.3, -0.25) is 9.80 Å². The van der Waals surface area contributed by atoms with Gasteiger partial charge in [-0.05, 0) is 30.0 Å². The van der Waals surface area contributed by atoms with E-state index in [2.05, 4.69) is 18.7 Å². The minimum atomic E-state index is -0.232. The van der Waals surface area contributed by atoms with Crippen molar-refractivity contribution in [3.8, 4) is 0 Å². The molecule has 0 radical (unpaired) electrons. The molecule has 120 valence electrons. The fourth-order valence-corrected chi connectivity index (χ4v) is 3.40. The van der Waals surface area contributed by atoms with Gasteiger partial charge < -0.3 is 4.74 Å². The van der Waals surface area contributed by atoms with E-state index >= 15 is 0 Å². The number of ether oxygens (including phenoxy) is 1. The van der Waals surface area contributed by atoms with E-state index in [0.29, 0.717) is 12.5 Å². The van der Waals surface area contributed by atoms with Crippen molar-refractivity contribution in [2.24, 2.45) is 5.92 Å². The molecule has 0 N–H and O–H groups in total. The van der Waals surface area contributed by atoms with Crippen LogP contribution in [-0.4, -0.2) is 54.2 Å². The molecule has 0 bridgehead atoms. The summed E-state index contributed by atoms with van der Waals surface area (Å²) in [6, 6.07) is 6.62. The standard InChI is InChI=1S/C17H23FN2O2/c1-12(2)9-19-10-15-16(11-19)22-17(21)20(15)8-7-13-3-5-14(18)6-4-13/h3-6,12,15-16H,7-11H2,1-2H3/t15-,16+/m0/s1. The molecule has 22 heavy (non-hydrogen) atoms. The van der Waals surface area contributed by atoms with Gasteiger partial charge in [-0.1, -0.05) is 26.0 Å². The van der Waals surface area contributed by atoms with Gasteiger partial charge in [0.15, 0.2) is 0 Å². The van der Waals surface area contributed by atoms with Crippen molar-refractivity contribution >= 4 is 6.09 Å². The normalized spacial score (nSPS) is 24.9. The monoisotopic (exact) mass is 306 g/mol. The zero-order valence-corrected chi connectivity index (χ0v) is 13.2. The molecule has 2 saturated heterocycles. The van der Waals surface area contributed by atoms with Gasteiger partial charge in [0.2, 0.25) is 0 Å². The highest BCUT2D eigenvalue weighted by atomic mass is 19.1. The number of halogens is 1. The molecular formula is C17H23FN2O2. The molecule has 5 heteroatoms. The third kappa shape index (κ3) is 3.24. The molecule has 3 rings (SSSR count). The van der Waals surface area contributed by atoms with E-state index in [4.69, 9.17) is 4.74 Å². The highest BCUT2D eigenvalue weighted by Gasteiger charge is 2.47. The Kier molecular flexibility index (Phi) is 4.34. The van der Waals surface area contributed by atoms with Crippen LogP contribution in [0, 0.1) is 11.7 Å². The first-order chi connectivity index (χ1) is 10.5. The lowest BCUT2D eigenvalue weighted by molar-refractivity contribution is 0.119. The maximum absolute atomic E-state index is 12.9. The van der Waals surface area contributed by atoms with Crippen LogP contribution in [0.25, 0.3) is 0 Å². The first kappa shape index (κ1) is 15.3. The number of rotatable bonds is 5. The van der Waals surface area contributed by atoms with Crippen LogP contribution in [0.3, 0.4) is 0 Å². The highest BCUT2D eigenvalue weighted by Crippen LogP contribution is 2.27. The van der Waals surface area contributed by atoms with Crippen LogP contribution in [0.15, 0.2) is 24.3 Å². The topological polar surface area (TPSA) is 32.8 Å². The predicted molar refractivity (Wildman–Crippen MR) is 82.1 cm³/mol. The molecule has 0 aromatic heterocycles. The quantitative estimate of drug-likeness (QED) is 0.838. The fraction of sp³-hybridized carbons (Fsp3) is 0.588.